The van der Waals surface area contributed by atoms with Crippen LogP contribution < -0.4 is 10.2 Å². The normalized spacial score (nSPS) is 14.4. The summed E-state index contributed by atoms with van der Waals surface area (Å²) in [6.07, 6.45) is 0.391. The molecule has 1 N–H and O–H groups in total. The van der Waals surface area contributed by atoms with E-state index in [4.69, 9.17) is 9.47 Å². The molecule has 9 nitrogen and oxygen atoms in total. The Hall–Kier alpha value is -3.46. The first-order chi connectivity index (χ1) is 15.3. The van der Waals surface area contributed by atoms with E-state index in [0.717, 1.165) is 24.5 Å². The molecule has 1 aliphatic heterocycles. The van der Waals surface area contributed by atoms with Gasteiger partial charge in [0.25, 0.3) is 5.91 Å². The van der Waals surface area contributed by atoms with E-state index < -0.39 is 18.0 Å². The summed E-state index contributed by atoms with van der Waals surface area (Å²) >= 11 is 0. The minimum absolute atomic E-state index is 0.162. The highest BCUT2D eigenvalue weighted by molar-refractivity contribution is 5.96. The molecule has 1 fully saturated rings. The number of amides is 2. The van der Waals surface area contributed by atoms with E-state index in [-0.39, 0.29) is 18.0 Å². The maximum atomic E-state index is 12.5. The largest absolute Gasteiger partial charge is 0.449 e. The second-order valence-electron chi connectivity index (χ2n) is 7.66. The molecule has 2 amide bonds. The van der Waals surface area contributed by atoms with Crippen molar-refractivity contribution in [1.82, 2.24) is 9.88 Å². The van der Waals surface area contributed by atoms with Gasteiger partial charge >= 0.3 is 5.97 Å². The molecule has 1 aliphatic rings. The number of pyridine rings is 1. The average molecular weight is 441 g/mol. The molecule has 9 heteroatoms. The fourth-order valence-electron chi connectivity index (χ4n) is 3.21. The topological polar surface area (TPSA) is 101 Å². The Morgan fingerprint density at radius 3 is 2.47 bits per heavy atom. The van der Waals surface area contributed by atoms with Crippen molar-refractivity contribution >= 4 is 29.3 Å². The van der Waals surface area contributed by atoms with E-state index in [1.165, 1.54) is 25.1 Å². The van der Waals surface area contributed by atoms with Crippen LogP contribution >= 0.6 is 0 Å². The molecule has 1 aromatic heterocycles. The quantitative estimate of drug-likeness (QED) is 0.656. The smallest absolute Gasteiger partial charge is 0.340 e. The first kappa shape index (κ1) is 23.2. The number of benzene rings is 1. The fraction of sp³-hybridized carbons (Fsp3) is 0.391. The number of morpholine rings is 1. The summed E-state index contributed by atoms with van der Waals surface area (Å²) in [6.45, 7) is 6.03. The number of anilines is 2. The molecular formula is C23H28N4O5. The average Bonchev–Trinajstić information content (AvgIpc) is 2.80. The standard InChI is InChI=1S/C23H28N4O5/c1-16-4-7-19(8-5-16)25-21(28)15-26(3)22(29)17(2)32-23(30)18-6-9-20(24-14-18)27-10-12-31-13-11-27/h4-9,14,17H,10-13,15H2,1-3H3,(H,25,28). The van der Waals surface area contributed by atoms with Gasteiger partial charge in [-0.25, -0.2) is 9.78 Å². The number of carbonyl (C=O) groups excluding carboxylic acids is 3. The maximum Gasteiger partial charge on any atom is 0.340 e. The number of rotatable bonds is 7. The van der Waals surface area contributed by atoms with Gasteiger partial charge in [0, 0.05) is 32.0 Å². The number of esters is 1. The van der Waals surface area contributed by atoms with Crippen molar-refractivity contribution in [1.29, 1.82) is 0 Å². The highest BCUT2D eigenvalue weighted by Gasteiger charge is 2.24. The van der Waals surface area contributed by atoms with E-state index in [1.54, 1.807) is 24.3 Å². The number of nitrogens with one attached hydrogen (secondary N) is 1. The molecule has 0 spiro atoms. The number of aryl methyl sites for hydroxylation is 1. The molecule has 1 aromatic carbocycles. The van der Waals surface area contributed by atoms with Crippen LogP contribution in [-0.4, -0.2) is 73.7 Å². The number of likely N-dealkylation sites (N-methyl/N-ethyl adjacent to an activating group) is 1. The Kier molecular flexibility index (Phi) is 7.77. The Labute approximate surface area is 187 Å². The Morgan fingerprint density at radius 1 is 1.16 bits per heavy atom. The lowest BCUT2D eigenvalue weighted by molar-refractivity contribution is -0.140. The summed E-state index contributed by atoms with van der Waals surface area (Å²) in [7, 11) is 1.49. The zero-order chi connectivity index (χ0) is 23.1. The van der Waals surface area contributed by atoms with Crippen molar-refractivity contribution in [3.8, 4) is 0 Å². The van der Waals surface area contributed by atoms with Crippen LogP contribution in [0, 0.1) is 6.92 Å². The minimum atomic E-state index is -1.04. The first-order valence-electron chi connectivity index (χ1n) is 10.4. The molecule has 0 saturated carbocycles. The van der Waals surface area contributed by atoms with E-state index in [0.29, 0.717) is 18.9 Å². The molecule has 1 saturated heterocycles. The summed E-state index contributed by atoms with van der Waals surface area (Å²) in [5.41, 5.74) is 1.98. The summed E-state index contributed by atoms with van der Waals surface area (Å²) < 4.78 is 10.6. The summed E-state index contributed by atoms with van der Waals surface area (Å²) in [4.78, 5) is 44.8. The lowest BCUT2D eigenvalue weighted by atomic mass is 10.2. The lowest BCUT2D eigenvalue weighted by Crippen LogP contribution is -2.41. The van der Waals surface area contributed by atoms with Gasteiger partial charge in [-0.05, 0) is 38.1 Å². The monoisotopic (exact) mass is 440 g/mol. The SMILES string of the molecule is Cc1ccc(NC(=O)CN(C)C(=O)C(C)OC(=O)c2ccc(N3CCOCC3)nc2)cc1. The summed E-state index contributed by atoms with van der Waals surface area (Å²) in [6, 6.07) is 10.7. The van der Waals surface area contributed by atoms with Crippen LogP contribution in [0.1, 0.15) is 22.8 Å². The van der Waals surface area contributed by atoms with Crippen molar-refractivity contribution < 1.29 is 23.9 Å². The van der Waals surface area contributed by atoms with E-state index >= 15 is 0 Å². The number of hydrogen-bond acceptors (Lipinski definition) is 7. The molecule has 1 atom stereocenters. The molecule has 0 radical (unpaired) electrons. The zero-order valence-corrected chi connectivity index (χ0v) is 18.5. The van der Waals surface area contributed by atoms with Gasteiger partial charge in [-0.15, -0.1) is 0 Å². The maximum absolute atomic E-state index is 12.5. The number of aromatic nitrogens is 1. The van der Waals surface area contributed by atoms with Gasteiger partial charge in [-0.2, -0.15) is 0 Å². The van der Waals surface area contributed by atoms with Gasteiger partial charge in [-0.1, -0.05) is 17.7 Å². The second kappa shape index (κ2) is 10.7. The van der Waals surface area contributed by atoms with Crippen molar-refractivity contribution in [2.24, 2.45) is 0 Å². The number of carbonyl (C=O) groups is 3. The molecule has 2 heterocycles. The van der Waals surface area contributed by atoms with Gasteiger partial charge < -0.3 is 24.6 Å². The van der Waals surface area contributed by atoms with E-state index in [9.17, 15) is 14.4 Å². The number of ether oxygens (including phenoxy) is 2. The predicted octanol–water partition coefficient (Wildman–Crippen LogP) is 1.87. The van der Waals surface area contributed by atoms with Gasteiger partial charge in [0.2, 0.25) is 5.91 Å². The van der Waals surface area contributed by atoms with Gasteiger partial charge in [0.15, 0.2) is 6.10 Å². The fourth-order valence-corrected chi connectivity index (χ4v) is 3.21. The third-order valence-corrected chi connectivity index (χ3v) is 5.04. The number of hydrogen-bond donors (Lipinski definition) is 1. The van der Waals surface area contributed by atoms with Crippen molar-refractivity contribution in [3.63, 3.8) is 0 Å². The Morgan fingerprint density at radius 2 is 1.84 bits per heavy atom. The van der Waals surface area contributed by atoms with Crippen molar-refractivity contribution in [2.75, 3.05) is 50.1 Å². The van der Waals surface area contributed by atoms with Gasteiger partial charge in [0.05, 0.1) is 25.3 Å². The summed E-state index contributed by atoms with van der Waals surface area (Å²) in [5.74, 6) is -0.709. The predicted molar refractivity (Wildman–Crippen MR) is 120 cm³/mol. The van der Waals surface area contributed by atoms with Crippen LogP contribution in [0.4, 0.5) is 11.5 Å². The third kappa shape index (κ3) is 6.27. The van der Waals surface area contributed by atoms with Gasteiger partial charge in [0.1, 0.15) is 5.82 Å². The molecule has 3 rings (SSSR count). The Balaban J connectivity index is 1.49. The third-order valence-electron chi connectivity index (χ3n) is 5.04. The zero-order valence-electron chi connectivity index (χ0n) is 18.5. The second-order valence-corrected chi connectivity index (χ2v) is 7.66. The van der Waals surface area contributed by atoms with Crippen molar-refractivity contribution in [2.45, 2.75) is 20.0 Å². The van der Waals surface area contributed by atoms with Crippen LogP contribution in [0.25, 0.3) is 0 Å². The molecule has 170 valence electrons. The van der Waals surface area contributed by atoms with Crippen molar-refractivity contribution in [3.05, 3.63) is 53.7 Å². The van der Waals surface area contributed by atoms with Crippen LogP contribution in [0.5, 0.6) is 0 Å². The molecule has 0 aliphatic carbocycles. The Bertz CT molecular complexity index is 940. The number of nitrogens with zero attached hydrogens (tertiary/aromatic N) is 3. The highest BCUT2D eigenvalue weighted by atomic mass is 16.5. The van der Waals surface area contributed by atoms with E-state index in [2.05, 4.69) is 15.2 Å². The van der Waals surface area contributed by atoms with Crippen LogP contribution in [0.3, 0.4) is 0 Å². The van der Waals surface area contributed by atoms with E-state index in [1.807, 2.05) is 19.1 Å². The molecular weight excluding hydrogens is 412 g/mol. The van der Waals surface area contributed by atoms with Crippen LogP contribution in [-0.2, 0) is 19.1 Å². The van der Waals surface area contributed by atoms with Crippen LogP contribution in [0.2, 0.25) is 0 Å². The minimum Gasteiger partial charge on any atom is -0.449 e. The lowest BCUT2D eigenvalue weighted by Gasteiger charge is -2.27. The molecule has 2 aromatic rings. The molecule has 32 heavy (non-hydrogen) atoms. The molecule has 0 bridgehead atoms. The highest BCUT2D eigenvalue weighted by Crippen LogP contribution is 2.14. The first-order valence-corrected chi connectivity index (χ1v) is 10.4. The molecule has 1 unspecified atom stereocenters. The summed E-state index contributed by atoms with van der Waals surface area (Å²) in [5, 5.41) is 2.73. The van der Waals surface area contributed by atoms with Gasteiger partial charge in [-0.3, -0.25) is 9.59 Å². The van der Waals surface area contributed by atoms with Crippen LogP contribution in [0.15, 0.2) is 42.6 Å².